The van der Waals surface area contributed by atoms with Crippen molar-refractivity contribution >= 4 is 0 Å². The zero-order chi connectivity index (χ0) is 12.6. The van der Waals surface area contributed by atoms with Crippen molar-refractivity contribution in [2.45, 2.75) is 57.0 Å². The van der Waals surface area contributed by atoms with E-state index in [0.717, 1.165) is 0 Å². The summed E-state index contributed by atoms with van der Waals surface area (Å²) >= 11 is 0. The molecule has 98 valence electrons. The van der Waals surface area contributed by atoms with Crippen LogP contribution in [0.1, 0.15) is 56.9 Å². The summed E-state index contributed by atoms with van der Waals surface area (Å²) < 4.78 is 0. The molecule has 0 aromatic heterocycles. The van der Waals surface area contributed by atoms with Gasteiger partial charge in [0.2, 0.25) is 0 Å². The normalized spacial score (nSPS) is 31.9. The monoisotopic (exact) mass is 244 g/mol. The topological polar surface area (TPSA) is 20.2 Å². The Hall–Kier alpha value is -0.820. The minimum atomic E-state index is -0.444. The second-order valence-corrected chi connectivity index (χ2v) is 6.42. The first-order chi connectivity index (χ1) is 8.69. The Morgan fingerprint density at radius 1 is 1.06 bits per heavy atom. The first kappa shape index (κ1) is 12.2. The lowest BCUT2D eigenvalue weighted by molar-refractivity contribution is -0.0374. The minimum Gasteiger partial charge on any atom is -0.390 e. The summed E-state index contributed by atoms with van der Waals surface area (Å²) in [6, 6.07) is 10.7. The molecule has 1 N–H and O–H groups in total. The van der Waals surface area contributed by atoms with Gasteiger partial charge in [-0.15, -0.1) is 0 Å². The van der Waals surface area contributed by atoms with Crippen LogP contribution in [0.4, 0.5) is 0 Å². The minimum absolute atomic E-state index is 0.444. The van der Waals surface area contributed by atoms with Gasteiger partial charge in [-0.1, -0.05) is 49.6 Å². The summed E-state index contributed by atoms with van der Waals surface area (Å²) in [5, 5.41) is 10.9. The van der Waals surface area contributed by atoms with E-state index in [-0.39, 0.29) is 0 Å². The van der Waals surface area contributed by atoms with E-state index in [4.69, 9.17) is 0 Å². The van der Waals surface area contributed by atoms with Crippen molar-refractivity contribution < 1.29 is 5.11 Å². The van der Waals surface area contributed by atoms with Gasteiger partial charge < -0.3 is 5.11 Å². The van der Waals surface area contributed by atoms with E-state index in [1.165, 1.54) is 44.1 Å². The number of hydrogen-bond acceptors (Lipinski definition) is 1. The van der Waals surface area contributed by atoms with Crippen LogP contribution in [0.15, 0.2) is 30.3 Å². The Balaban J connectivity index is 1.69. The predicted molar refractivity (Wildman–Crippen MR) is 74.5 cm³/mol. The van der Waals surface area contributed by atoms with Crippen LogP contribution in [-0.4, -0.2) is 10.7 Å². The molecule has 3 atom stereocenters. The van der Waals surface area contributed by atoms with Gasteiger partial charge in [0, 0.05) is 0 Å². The second kappa shape index (κ2) is 4.70. The maximum atomic E-state index is 10.9. The molecule has 1 heteroatoms. The molecule has 2 aliphatic carbocycles. The Bertz CT molecular complexity index is 389. The molecule has 1 aromatic carbocycles. The average Bonchev–Trinajstić information content (AvgIpc) is 3.22. The van der Waals surface area contributed by atoms with Gasteiger partial charge in [-0.05, 0) is 49.5 Å². The van der Waals surface area contributed by atoms with Gasteiger partial charge in [0.05, 0.1) is 5.60 Å². The predicted octanol–water partition coefficient (Wildman–Crippen LogP) is 4.12. The molecule has 3 rings (SSSR count). The van der Waals surface area contributed by atoms with Gasteiger partial charge in [-0.2, -0.15) is 0 Å². The largest absolute Gasteiger partial charge is 0.390 e. The zero-order valence-corrected chi connectivity index (χ0v) is 11.3. The fourth-order valence-electron chi connectivity index (χ4n) is 3.90. The maximum Gasteiger partial charge on any atom is 0.0681 e. The lowest BCUT2D eigenvalue weighted by atomic mass is 9.74. The molecule has 18 heavy (non-hydrogen) atoms. The highest BCUT2D eigenvalue weighted by Crippen LogP contribution is 2.57. The average molecular weight is 244 g/mol. The van der Waals surface area contributed by atoms with E-state index in [2.05, 4.69) is 37.3 Å². The quantitative estimate of drug-likeness (QED) is 0.848. The van der Waals surface area contributed by atoms with Gasteiger partial charge in [0.1, 0.15) is 0 Å². The Morgan fingerprint density at radius 2 is 1.72 bits per heavy atom. The van der Waals surface area contributed by atoms with Crippen LogP contribution in [-0.2, 0) is 0 Å². The molecule has 2 saturated carbocycles. The van der Waals surface area contributed by atoms with E-state index in [9.17, 15) is 5.11 Å². The number of rotatable bonds is 3. The van der Waals surface area contributed by atoms with Crippen molar-refractivity contribution in [1.29, 1.82) is 0 Å². The third-order valence-electron chi connectivity index (χ3n) is 5.20. The molecular weight excluding hydrogens is 220 g/mol. The molecule has 3 unspecified atom stereocenters. The molecule has 0 heterocycles. The smallest absolute Gasteiger partial charge is 0.0681 e. The van der Waals surface area contributed by atoms with Crippen LogP contribution in [0.5, 0.6) is 0 Å². The Labute approximate surface area is 110 Å². The third kappa shape index (κ3) is 2.21. The van der Waals surface area contributed by atoms with Gasteiger partial charge in [-0.3, -0.25) is 0 Å². The van der Waals surface area contributed by atoms with Crippen LogP contribution < -0.4 is 0 Å². The molecule has 0 amide bonds. The summed E-state index contributed by atoms with van der Waals surface area (Å²) in [4.78, 5) is 0. The molecule has 2 fully saturated rings. The molecule has 2 aliphatic rings. The molecule has 0 aliphatic heterocycles. The molecule has 0 saturated heterocycles. The van der Waals surface area contributed by atoms with Crippen LogP contribution >= 0.6 is 0 Å². The van der Waals surface area contributed by atoms with Crippen LogP contribution in [0.3, 0.4) is 0 Å². The van der Waals surface area contributed by atoms with E-state index in [0.29, 0.717) is 17.8 Å². The van der Waals surface area contributed by atoms with Gasteiger partial charge >= 0.3 is 0 Å². The summed E-state index contributed by atoms with van der Waals surface area (Å²) in [6.07, 6.45) is 7.61. The Kier molecular flexibility index (Phi) is 3.19. The van der Waals surface area contributed by atoms with E-state index >= 15 is 0 Å². The van der Waals surface area contributed by atoms with Crippen molar-refractivity contribution in [3.8, 4) is 0 Å². The van der Waals surface area contributed by atoms with E-state index < -0.39 is 5.60 Å². The summed E-state index contributed by atoms with van der Waals surface area (Å²) in [5.41, 5.74) is 0.972. The van der Waals surface area contributed by atoms with Crippen molar-refractivity contribution in [2.24, 2.45) is 11.8 Å². The lowest BCUT2D eigenvalue weighted by Crippen LogP contribution is -2.38. The van der Waals surface area contributed by atoms with Gasteiger partial charge in [0.25, 0.3) is 0 Å². The van der Waals surface area contributed by atoms with Crippen LogP contribution in [0.25, 0.3) is 0 Å². The SMILES string of the molecule is CC(O)(C1CCCCC1)C1CC1c1ccccc1. The fourth-order valence-corrected chi connectivity index (χ4v) is 3.90. The first-order valence-electron chi connectivity index (χ1n) is 7.47. The number of hydrogen-bond donors (Lipinski definition) is 1. The molecule has 0 spiro atoms. The van der Waals surface area contributed by atoms with Gasteiger partial charge in [0.15, 0.2) is 0 Å². The van der Waals surface area contributed by atoms with Crippen molar-refractivity contribution in [3.05, 3.63) is 35.9 Å². The zero-order valence-electron chi connectivity index (χ0n) is 11.3. The molecule has 0 bridgehead atoms. The standard InChI is InChI=1S/C17H24O/c1-17(18,14-10-6-3-7-11-14)16-12-15(16)13-8-4-2-5-9-13/h2,4-5,8-9,14-16,18H,3,6-7,10-12H2,1H3. The highest BCUT2D eigenvalue weighted by molar-refractivity contribution is 5.27. The number of aliphatic hydroxyl groups is 1. The molecule has 1 aromatic rings. The Morgan fingerprint density at radius 3 is 2.39 bits per heavy atom. The van der Waals surface area contributed by atoms with E-state index in [1.807, 2.05) is 0 Å². The summed E-state index contributed by atoms with van der Waals surface area (Å²) in [6.45, 7) is 2.09. The van der Waals surface area contributed by atoms with Crippen LogP contribution in [0.2, 0.25) is 0 Å². The third-order valence-corrected chi connectivity index (χ3v) is 5.20. The number of benzene rings is 1. The summed E-state index contributed by atoms with van der Waals surface area (Å²) in [5.74, 6) is 1.62. The van der Waals surface area contributed by atoms with Crippen molar-refractivity contribution in [2.75, 3.05) is 0 Å². The molecule has 1 nitrogen and oxygen atoms in total. The van der Waals surface area contributed by atoms with E-state index in [1.54, 1.807) is 0 Å². The van der Waals surface area contributed by atoms with Crippen molar-refractivity contribution in [3.63, 3.8) is 0 Å². The molecule has 0 radical (unpaired) electrons. The lowest BCUT2D eigenvalue weighted by Gasteiger charge is -2.36. The van der Waals surface area contributed by atoms with Gasteiger partial charge in [-0.25, -0.2) is 0 Å². The summed E-state index contributed by atoms with van der Waals surface area (Å²) in [7, 11) is 0. The van der Waals surface area contributed by atoms with Crippen molar-refractivity contribution in [1.82, 2.24) is 0 Å². The maximum absolute atomic E-state index is 10.9. The van der Waals surface area contributed by atoms with Crippen LogP contribution in [0, 0.1) is 11.8 Å². The fraction of sp³-hybridized carbons (Fsp3) is 0.647. The first-order valence-corrected chi connectivity index (χ1v) is 7.47. The highest BCUT2D eigenvalue weighted by Gasteiger charge is 2.52. The second-order valence-electron chi connectivity index (χ2n) is 6.42. The molecular formula is C17H24O. The highest BCUT2D eigenvalue weighted by atomic mass is 16.3.